The number of likely N-dealkylation sites (tertiary alicyclic amines) is 1. The molecule has 0 saturated carbocycles. The third-order valence-corrected chi connectivity index (χ3v) is 5.21. The highest BCUT2D eigenvalue weighted by Gasteiger charge is 2.41. The van der Waals surface area contributed by atoms with Gasteiger partial charge in [0.25, 0.3) is 5.91 Å². The third-order valence-electron chi connectivity index (χ3n) is 5.21. The van der Waals surface area contributed by atoms with Crippen LogP contribution in [0.1, 0.15) is 22.5 Å². The van der Waals surface area contributed by atoms with Crippen molar-refractivity contribution in [1.82, 2.24) is 19.8 Å². The Labute approximate surface area is 147 Å². The molecule has 25 heavy (non-hydrogen) atoms. The summed E-state index contributed by atoms with van der Waals surface area (Å²) < 4.78 is 8.01. The van der Waals surface area contributed by atoms with Crippen molar-refractivity contribution in [2.24, 2.45) is 13.0 Å². The number of ether oxygens (including phenoxy) is 1. The predicted octanol–water partition coefficient (Wildman–Crippen LogP) is 1.44. The van der Waals surface area contributed by atoms with E-state index in [9.17, 15) is 4.79 Å². The summed E-state index contributed by atoms with van der Waals surface area (Å²) in [4.78, 5) is 18.7. The molecule has 132 valence electrons. The van der Waals surface area contributed by atoms with Crippen LogP contribution in [0, 0.1) is 5.92 Å². The number of carbonyl (C=O) groups excluding carboxylic acids is 1. The van der Waals surface area contributed by atoms with Crippen LogP contribution in [-0.2, 0) is 18.3 Å². The second-order valence-electron chi connectivity index (χ2n) is 7.06. The number of fused-ring (bicyclic) bond motifs is 1. The molecule has 0 bridgehead atoms. The first kappa shape index (κ1) is 16.3. The van der Waals surface area contributed by atoms with Crippen LogP contribution < -0.4 is 5.32 Å². The molecule has 2 aromatic rings. The van der Waals surface area contributed by atoms with Crippen LogP contribution >= 0.6 is 0 Å². The maximum atomic E-state index is 12.2. The zero-order valence-electron chi connectivity index (χ0n) is 14.5. The number of pyridine rings is 1. The molecule has 0 unspecified atom stereocenters. The second-order valence-corrected chi connectivity index (χ2v) is 7.06. The Morgan fingerprint density at radius 1 is 1.32 bits per heavy atom. The normalized spacial score (nSPS) is 25.9. The van der Waals surface area contributed by atoms with E-state index in [1.54, 1.807) is 0 Å². The van der Waals surface area contributed by atoms with Crippen molar-refractivity contribution in [1.29, 1.82) is 0 Å². The molecule has 2 fully saturated rings. The summed E-state index contributed by atoms with van der Waals surface area (Å²) in [5, 5.41) is 3.00. The van der Waals surface area contributed by atoms with Crippen molar-refractivity contribution in [3.8, 4) is 0 Å². The molecule has 0 aromatic carbocycles. The first-order valence-electron chi connectivity index (χ1n) is 8.85. The van der Waals surface area contributed by atoms with E-state index in [0.29, 0.717) is 24.3 Å². The minimum Gasteiger partial charge on any atom is -0.371 e. The lowest BCUT2D eigenvalue weighted by atomic mass is 10.0. The van der Waals surface area contributed by atoms with Gasteiger partial charge in [0.2, 0.25) is 0 Å². The Hall–Kier alpha value is -2.18. The van der Waals surface area contributed by atoms with E-state index in [1.165, 1.54) is 5.56 Å². The number of hydrogen-bond acceptors (Lipinski definition) is 4. The van der Waals surface area contributed by atoms with Gasteiger partial charge in [0.1, 0.15) is 5.69 Å². The predicted molar refractivity (Wildman–Crippen MR) is 94.0 cm³/mol. The summed E-state index contributed by atoms with van der Waals surface area (Å²) >= 11 is 0. The second kappa shape index (κ2) is 6.98. The topological polar surface area (TPSA) is 59.4 Å². The van der Waals surface area contributed by atoms with Crippen molar-refractivity contribution in [2.75, 3.05) is 19.6 Å². The average molecular weight is 340 g/mol. The van der Waals surface area contributed by atoms with Crippen molar-refractivity contribution >= 4 is 5.91 Å². The minimum absolute atomic E-state index is 0.0347. The number of hydrogen-bond donors (Lipinski definition) is 1. The monoisotopic (exact) mass is 340 g/mol. The maximum absolute atomic E-state index is 12.2. The third kappa shape index (κ3) is 3.60. The van der Waals surface area contributed by atoms with E-state index in [-0.39, 0.29) is 12.0 Å². The zero-order valence-corrected chi connectivity index (χ0v) is 14.5. The van der Waals surface area contributed by atoms with Gasteiger partial charge in [0.15, 0.2) is 0 Å². The average Bonchev–Trinajstić information content (AvgIpc) is 3.28. The largest absolute Gasteiger partial charge is 0.371 e. The van der Waals surface area contributed by atoms with Crippen LogP contribution in [0.15, 0.2) is 42.9 Å². The van der Waals surface area contributed by atoms with Crippen molar-refractivity contribution in [3.05, 3.63) is 54.1 Å². The molecule has 2 aliphatic rings. The van der Waals surface area contributed by atoms with E-state index in [0.717, 1.165) is 26.1 Å². The molecule has 4 rings (SSSR count). The molecule has 6 nitrogen and oxygen atoms in total. The van der Waals surface area contributed by atoms with Gasteiger partial charge in [0, 0.05) is 57.7 Å². The van der Waals surface area contributed by atoms with E-state index < -0.39 is 0 Å². The lowest BCUT2D eigenvalue weighted by Gasteiger charge is -2.19. The Balaban J connectivity index is 1.24. The molecule has 1 N–H and O–H groups in total. The summed E-state index contributed by atoms with van der Waals surface area (Å²) in [6.07, 6.45) is 7.00. The molecule has 0 aliphatic carbocycles. The Bertz CT molecular complexity index is 716. The Morgan fingerprint density at radius 2 is 2.16 bits per heavy atom. The minimum atomic E-state index is -0.0347. The summed E-state index contributed by atoms with van der Waals surface area (Å²) in [6, 6.07) is 7.84. The lowest BCUT2D eigenvalue weighted by Crippen LogP contribution is -2.34. The van der Waals surface area contributed by atoms with Crippen LogP contribution in [-0.4, -0.2) is 52.2 Å². The fourth-order valence-electron chi connectivity index (χ4n) is 3.95. The van der Waals surface area contributed by atoms with Crippen molar-refractivity contribution in [2.45, 2.75) is 25.2 Å². The summed E-state index contributed by atoms with van der Waals surface area (Å²) in [5.74, 6) is 0.534. The summed E-state index contributed by atoms with van der Waals surface area (Å²) in [7, 11) is 1.88. The lowest BCUT2D eigenvalue weighted by molar-refractivity contribution is 0.0371. The highest BCUT2D eigenvalue weighted by atomic mass is 16.5. The fourth-order valence-corrected chi connectivity index (χ4v) is 3.95. The first-order chi connectivity index (χ1) is 12.2. The highest BCUT2D eigenvalue weighted by molar-refractivity contribution is 5.92. The standard InChI is InChI=1S/C19H24N4O2/c1-22-8-2-3-17(22)19(24)21-10-16-9-15-12-23(13-18(15)25-16)11-14-4-6-20-7-5-14/h2-8,15-16,18H,9-13H2,1H3,(H,21,24)/t15-,16-,18+/m1/s1. The van der Waals surface area contributed by atoms with E-state index in [2.05, 4.69) is 27.3 Å². The Morgan fingerprint density at radius 3 is 2.88 bits per heavy atom. The van der Waals surface area contributed by atoms with Gasteiger partial charge in [-0.1, -0.05) is 0 Å². The van der Waals surface area contributed by atoms with Gasteiger partial charge in [-0.15, -0.1) is 0 Å². The summed E-state index contributed by atoms with van der Waals surface area (Å²) in [6.45, 7) is 3.57. The number of aryl methyl sites for hydroxylation is 1. The number of amides is 1. The van der Waals surface area contributed by atoms with Gasteiger partial charge in [-0.05, 0) is 36.2 Å². The highest BCUT2D eigenvalue weighted by Crippen LogP contribution is 2.33. The Kier molecular flexibility index (Phi) is 4.55. The van der Waals surface area contributed by atoms with Crippen molar-refractivity contribution in [3.63, 3.8) is 0 Å². The van der Waals surface area contributed by atoms with Crippen LogP contribution in [0.5, 0.6) is 0 Å². The van der Waals surface area contributed by atoms with Gasteiger partial charge in [-0.25, -0.2) is 0 Å². The molecular formula is C19H24N4O2. The maximum Gasteiger partial charge on any atom is 0.267 e. The molecule has 1 amide bonds. The molecule has 2 aliphatic heterocycles. The fraction of sp³-hybridized carbons (Fsp3) is 0.474. The number of nitrogens with one attached hydrogen (secondary N) is 1. The quantitative estimate of drug-likeness (QED) is 0.895. The van der Waals surface area contributed by atoms with Gasteiger partial charge in [-0.3, -0.25) is 14.7 Å². The molecule has 2 saturated heterocycles. The van der Waals surface area contributed by atoms with Gasteiger partial charge >= 0.3 is 0 Å². The SMILES string of the molecule is Cn1cccc1C(=O)NC[C@H]1C[C@@H]2CN(Cc3ccncc3)C[C@@H]2O1. The molecule has 6 heteroatoms. The molecular weight excluding hydrogens is 316 g/mol. The number of carbonyl (C=O) groups is 1. The van der Waals surface area contributed by atoms with E-state index in [1.807, 2.05) is 42.3 Å². The molecule has 2 aromatic heterocycles. The van der Waals surface area contributed by atoms with Crippen molar-refractivity contribution < 1.29 is 9.53 Å². The molecule has 0 spiro atoms. The molecule has 4 heterocycles. The van der Waals surface area contributed by atoms with Crippen LogP contribution in [0.25, 0.3) is 0 Å². The van der Waals surface area contributed by atoms with E-state index >= 15 is 0 Å². The number of nitrogens with zero attached hydrogens (tertiary/aromatic N) is 3. The number of rotatable bonds is 5. The van der Waals surface area contributed by atoms with E-state index in [4.69, 9.17) is 4.74 Å². The van der Waals surface area contributed by atoms with Gasteiger partial charge < -0.3 is 14.6 Å². The number of aromatic nitrogens is 2. The molecule has 0 radical (unpaired) electrons. The summed E-state index contributed by atoms with van der Waals surface area (Å²) in [5.41, 5.74) is 1.98. The first-order valence-corrected chi connectivity index (χ1v) is 8.85. The van der Waals surface area contributed by atoms with Crippen LogP contribution in [0.3, 0.4) is 0 Å². The van der Waals surface area contributed by atoms with Gasteiger partial charge in [0.05, 0.1) is 12.2 Å². The van der Waals surface area contributed by atoms with Crippen LogP contribution in [0.4, 0.5) is 0 Å². The van der Waals surface area contributed by atoms with Crippen LogP contribution in [0.2, 0.25) is 0 Å². The smallest absolute Gasteiger partial charge is 0.267 e. The zero-order chi connectivity index (χ0) is 17.2. The molecule has 3 atom stereocenters. The van der Waals surface area contributed by atoms with Gasteiger partial charge in [-0.2, -0.15) is 0 Å².